The van der Waals surface area contributed by atoms with E-state index in [0.29, 0.717) is 13.1 Å². The first-order valence-corrected chi connectivity index (χ1v) is 9.33. The quantitative estimate of drug-likeness (QED) is 0.298. The summed E-state index contributed by atoms with van der Waals surface area (Å²) in [5.41, 5.74) is 4.44. The molecule has 0 amide bonds. The van der Waals surface area contributed by atoms with Gasteiger partial charge in [0.25, 0.3) is 0 Å². The van der Waals surface area contributed by atoms with Crippen LogP contribution in [0.4, 0.5) is 0 Å². The molecule has 0 unspecified atom stereocenters. The van der Waals surface area contributed by atoms with Gasteiger partial charge in [0, 0.05) is 44.0 Å². The van der Waals surface area contributed by atoms with E-state index >= 15 is 0 Å². The maximum absolute atomic E-state index is 6.03. The van der Waals surface area contributed by atoms with Gasteiger partial charge in [0.05, 0.1) is 5.69 Å². The Bertz CT molecular complexity index is 953. The molecule has 3 rings (SSSR count). The fourth-order valence-corrected chi connectivity index (χ4v) is 3.01. The van der Waals surface area contributed by atoms with Crippen molar-refractivity contribution in [2.24, 2.45) is 12.0 Å². The van der Waals surface area contributed by atoms with Crippen molar-refractivity contribution in [2.45, 2.75) is 26.9 Å². The topological polar surface area (TPSA) is 63.5 Å². The summed E-state index contributed by atoms with van der Waals surface area (Å²) in [6, 6.07) is 17.8. The first-order valence-electron chi connectivity index (χ1n) is 9.33. The van der Waals surface area contributed by atoms with Gasteiger partial charge in [-0.1, -0.05) is 36.4 Å². The summed E-state index contributed by atoms with van der Waals surface area (Å²) in [5.74, 6) is 2.38. The number of ether oxygens (including phenoxy) is 1. The van der Waals surface area contributed by atoms with Crippen molar-refractivity contribution in [3.8, 4) is 11.5 Å². The average Bonchev–Trinajstić information content (AvgIpc) is 2.95. The molecular weight excluding hydrogens is 477 g/mol. The van der Waals surface area contributed by atoms with E-state index in [1.165, 1.54) is 5.56 Å². The summed E-state index contributed by atoms with van der Waals surface area (Å²) >= 11 is 0. The molecule has 0 spiro atoms. The van der Waals surface area contributed by atoms with Gasteiger partial charge in [-0.25, -0.2) is 0 Å². The lowest BCUT2D eigenvalue weighted by atomic mass is 10.2. The SMILES string of the molecule is CN=C(NCc1ccccc1Oc1ccccc1)NCc1c(C)nn(C)c1C.I. The molecule has 154 valence electrons. The second kappa shape index (κ2) is 10.8. The molecule has 0 aliphatic carbocycles. The van der Waals surface area contributed by atoms with E-state index in [0.717, 1.165) is 34.4 Å². The molecule has 2 N–H and O–H groups in total. The van der Waals surface area contributed by atoms with Gasteiger partial charge in [0.2, 0.25) is 0 Å². The summed E-state index contributed by atoms with van der Waals surface area (Å²) in [6.45, 7) is 5.38. The van der Waals surface area contributed by atoms with Gasteiger partial charge < -0.3 is 15.4 Å². The number of guanidine groups is 1. The molecule has 0 aliphatic heterocycles. The highest BCUT2D eigenvalue weighted by Crippen LogP contribution is 2.24. The third-order valence-electron chi connectivity index (χ3n) is 4.71. The van der Waals surface area contributed by atoms with E-state index in [9.17, 15) is 0 Å². The van der Waals surface area contributed by atoms with E-state index in [4.69, 9.17) is 4.74 Å². The highest BCUT2D eigenvalue weighted by Gasteiger charge is 2.10. The Morgan fingerprint density at radius 3 is 2.31 bits per heavy atom. The van der Waals surface area contributed by atoms with Crippen molar-refractivity contribution in [1.82, 2.24) is 20.4 Å². The number of nitrogens with one attached hydrogen (secondary N) is 2. The molecule has 0 aliphatic rings. The zero-order chi connectivity index (χ0) is 19.9. The molecule has 0 radical (unpaired) electrons. The fraction of sp³-hybridized carbons (Fsp3) is 0.273. The van der Waals surface area contributed by atoms with Crippen LogP contribution in [0.3, 0.4) is 0 Å². The monoisotopic (exact) mass is 505 g/mol. The van der Waals surface area contributed by atoms with E-state index in [1.54, 1.807) is 7.05 Å². The molecule has 0 bridgehead atoms. The van der Waals surface area contributed by atoms with Crippen LogP contribution in [-0.2, 0) is 20.1 Å². The number of aliphatic imine (C=N–C) groups is 1. The Hall–Kier alpha value is -2.55. The van der Waals surface area contributed by atoms with Gasteiger partial charge in [-0.15, -0.1) is 24.0 Å². The highest BCUT2D eigenvalue weighted by atomic mass is 127. The van der Waals surface area contributed by atoms with Crippen molar-refractivity contribution in [3.63, 3.8) is 0 Å². The molecule has 6 nitrogen and oxygen atoms in total. The lowest BCUT2D eigenvalue weighted by Crippen LogP contribution is -2.36. The van der Waals surface area contributed by atoms with Crippen molar-refractivity contribution < 1.29 is 4.74 Å². The number of rotatable bonds is 6. The fourth-order valence-electron chi connectivity index (χ4n) is 3.01. The molecule has 0 fully saturated rings. The second-order valence-corrected chi connectivity index (χ2v) is 6.58. The minimum absolute atomic E-state index is 0. The van der Waals surface area contributed by atoms with Gasteiger partial charge >= 0.3 is 0 Å². The number of aromatic nitrogens is 2. The minimum atomic E-state index is 0. The third kappa shape index (κ3) is 5.96. The van der Waals surface area contributed by atoms with Crippen LogP contribution in [-0.4, -0.2) is 22.8 Å². The summed E-state index contributed by atoms with van der Waals surface area (Å²) < 4.78 is 7.93. The Labute approximate surface area is 189 Å². The number of hydrogen-bond acceptors (Lipinski definition) is 3. The van der Waals surface area contributed by atoms with E-state index in [1.807, 2.05) is 73.3 Å². The number of benzene rings is 2. The number of hydrogen-bond donors (Lipinski definition) is 2. The standard InChI is InChI=1S/C22H27N5O.HI/c1-16-20(17(2)27(4)26-16)15-25-22(23-3)24-14-18-10-8-9-13-21(18)28-19-11-6-5-7-12-19;/h5-13H,14-15H2,1-4H3,(H2,23,24,25);1H. The zero-order valence-corrected chi connectivity index (χ0v) is 19.6. The first kappa shape index (κ1) is 22.7. The van der Waals surface area contributed by atoms with Crippen LogP contribution in [0.15, 0.2) is 59.6 Å². The molecule has 0 saturated heterocycles. The van der Waals surface area contributed by atoms with Crippen LogP contribution in [0.25, 0.3) is 0 Å². The maximum Gasteiger partial charge on any atom is 0.191 e. The third-order valence-corrected chi connectivity index (χ3v) is 4.71. The van der Waals surface area contributed by atoms with Crippen LogP contribution in [0.2, 0.25) is 0 Å². The average molecular weight is 505 g/mol. The number of nitrogens with zero attached hydrogens (tertiary/aromatic N) is 3. The van der Waals surface area contributed by atoms with Crippen molar-refractivity contribution >= 4 is 29.9 Å². The van der Waals surface area contributed by atoms with Crippen molar-refractivity contribution in [2.75, 3.05) is 7.05 Å². The minimum Gasteiger partial charge on any atom is -0.457 e. The lowest BCUT2D eigenvalue weighted by Gasteiger charge is -2.15. The molecule has 1 heterocycles. The molecule has 2 aromatic carbocycles. The zero-order valence-electron chi connectivity index (χ0n) is 17.3. The normalized spacial score (nSPS) is 11.0. The molecule has 29 heavy (non-hydrogen) atoms. The summed E-state index contributed by atoms with van der Waals surface area (Å²) in [6.07, 6.45) is 0. The molecular formula is C22H28IN5O. The van der Waals surface area contributed by atoms with Gasteiger partial charge in [0.1, 0.15) is 11.5 Å². The Balaban J connectivity index is 0.00000300. The van der Waals surface area contributed by atoms with Crippen LogP contribution in [0, 0.1) is 13.8 Å². The van der Waals surface area contributed by atoms with Crippen LogP contribution < -0.4 is 15.4 Å². The Morgan fingerprint density at radius 2 is 1.66 bits per heavy atom. The number of aryl methyl sites for hydroxylation is 2. The first-order chi connectivity index (χ1) is 13.6. The van der Waals surface area contributed by atoms with Crippen molar-refractivity contribution in [3.05, 3.63) is 77.1 Å². The molecule has 1 aromatic heterocycles. The van der Waals surface area contributed by atoms with Crippen LogP contribution in [0.5, 0.6) is 11.5 Å². The van der Waals surface area contributed by atoms with E-state index in [2.05, 4.69) is 27.6 Å². The largest absolute Gasteiger partial charge is 0.457 e. The maximum atomic E-state index is 6.03. The van der Waals surface area contributed by atoms with E-state index < -0.39 is 0 Å². The van der Waals surface area contributed by atoms with Crippen LogP contribution in [0.1, 0.15) is 22.5 Å². The molecule has 7 heteroatoms. The second-order valence-electron chi connectivity index (χ2n) is 6.58. The van der Waals surface area contributed by atoms with Gasteiger partial charge in [0.15, 0.2) is 5.96 Å². The van der Waals surface area contributed by atoms with Gasteiger partial charge in [-0.3, -0.25) is 9.67 Å². The smallest absolute Gasteiger partial charge is 0.191 e. The molecule has 3 aromatic rings. The Kier molecular flexibility index (Phi) is 8.50. The molecule has 0 saturated carbocycles. The summed E-state index contributed by atoms with van der Waals surface area (Å²) in [7, 11) is 3.73. The highest BCUT2D eigenvalue weighted by molar-refractivity contribution is 14.0. The number of para-hydroxylation sites is 2. The van der Waals surface area contributed by atoms with Gasteiger partial charge in [-0.2, -0.15) is 5.10 Å². The lowest BCUT2D eigenvalue weighted by molar-refractivity contribution is 0.475. The Morgan fingerprint density at radius 1 is 1.00 bits per heavy atom. The molecule has 0 atom stereocenters. The predicted molar refractivity (Wildman–Crippen MR) is 128 cm³/mol. The van der Waals surface area contributed by atoms with E-state index in [-0.39, 0.29) is 24.0 Å². The van der Waals surface area contributed by atoms with Crippen LogP contribution >= 0.6 is 24.0 Å². The van der Waals surface area contributed by atoms with Gasteiger partial charge in [-0.05, 0) is 32.0 Å². The summed E-state index contributed by atoms with van der Waals surface area (Å²) in [5, 5.41) is 11.2. The number of halogens is 1. The predicted octanol–water partition coefficient (Wildman–Crippen LogP) is 4.31. The van der Waals surface area contributed by atoms with Crippen molar-refractivity contribution in [1.29, 1.82) is 0 Å². The summed E-state index contributed by atoms with van der Waals surface area (Å²) in [4.78, 5) is 4.32.